The first kappa shape index (κ1) is 9.20. The van der Waals surface area contributed by atoms with Crippen LogP contribution in [0.3, 0.4) is 0 Å². The maximum atomic E-state index is 10.5. The minimum absolute atomic E-state index is 0.0466. The molecule has 1 heterocycles. The summed E-state index contributed by atoms with van der Waals surface area (Å²) in [6.45, 7) is 3.65. The van der Waals surface area contributed by atoms with Crippen molar-refractivity contribution in [1.29, 1.82) is 0 Å². The fourth-order valence-corrected chi connectivity index (χ4v) is 3.99. The van der Waals surface area contributed by atoms with Crippen molar-refractivity contribution in [2.75, 3.05) is 11.5 Å². The van der Waals surface area contributed by atoms with E-state index in [1.807, 2.05) is 23.5 Å². The molecular weight excluding hydrogens is 176 g/mol. The van der Waals surface area contributed by atoms with Crippen LogP contribution in [0.25, 0.3) is 0 Å². The molecule has 1 aliphatic heterocycles. The number of carbonyl (C=O) groups is 1. The SMILES string of the molecule is C=CC(C=O)C1SCCCS1. The zero-order valence-corrected chi connectivity index (χ0v) is 8.00. The van der Waals surface area contributed by atoms with Crippen molar-refractivity contribution in [1.82, 2.24) is 0 Å². The van der Waals surface area contributed by atoms with Gasteiger partial charge in [0.05, 0.1) is 10.5 Å². The number of carbonyl (C=O) groups excluding carboxylic acids is 1. The number of hydrogen-bond acceptors (Lipinski definition) is 3. The van der Waals surface area contributed by atoms with Gasteiger partial charge in [-0.2, -0.15) is 0 Å². The molecule has 0 aromatic carbocycles. The molecule has 1 nitrogen and oxygen atoms in total. The minimum atomic E-state index is 0.0466. The molecule has 0 aliphatic carbocycles. The molecule has 1 rings (SSSR count). The summed E-state index contributed by atoms with van der Waals surface area (Å²) in [5.41, 5.74) is 0. The second-order valence-corrected chi connectivity index (χ2v) is 5.21. The maximum absolute atomic E-state index is 10.5. The van der Waals surface area contributed by atoms with Crippen LogP contribution in [-0.4, -0.2) is 22.4 Å². The highest BCUT2D eigenvalue weighted by Crippen LogP contribution is 2.35. The molecule has 0 bridgehead atoms. The van der Waals surface area contributed by atoms with Crippen molar-refractivity contribution >= 4 is 29.8 Å². The molecule has 1 fully saturated rings. The quantitative estimate of drug-likeness (QED) is 0.499. The highest BCUT2D eigenvalue weighted by atomic mass is 32.2. The standard InChI is InChI=1S/C8H12OS2/c1-2-7(6-9)8-10-4-3-5-11-8/h2,6-8H,1,3-5H2. The van der Waals surface area contributed by atoms with Crippen LogP contribution < -0.4 is 0 Å². The van der Waals surface area contributed by atoms with Gasteiger partial charge >= 0.3 is 0 Å². The number of rotatable bonds is 3. The molecule has 0 aromatic rings. The Hall–Kier alpha value is 0.110. The molecule has 1 saturated heterocycles. The van der Waals surface area contributed by atoms with Gasteiger partial charge in [0, 0.05) is 0 Å². The zero-order valence-electron chi connectivity index (χ0n) is 6.36. The fraction of sp³-hybridized carbons (Fsp3) is 0.625. The van der Waals surface area contributed by atoms with Crippen molar-refractivity contribution in [2.45, 2.75) is 11.0 Å². The number of aldehydes is 1. The third kappa shape index (κ3) is 2.56. The van der Waals surface area contributed by atoms with Gasteiger partial charge in [-0.1, -0.05) is 6.08 Å². The summed E-state index contributed by atoms with van der Waals surface area (Å²) in [5, 5.41) is 0. The molecule has 3 heteroatoms. The first-order valence-electron chi connectivity index (χ1n) is 3.69. The minimum Gasteiger partial charge on any atom is -0.303 e. The molecule has 1 atom stereocenters. The van der Waals surface area contributed by atoms with E-state index < -0.39 is 0 Å². The summed E-state index contributed by atoms with van der Waals surface area (Å²) in [5.74, 6) is 2.43. The molecule has 0 radical (unpaired) electrons. The van der Waals surface area contributed by atoms with Crippen molar-refractivity contribution in [3.63, 3.8) is 0 Å². The van der Waals surface area contributed by atoms with Crippen molar-refractivity contribution < 1.29 is 4.79 Å². The third-order valence-electron chi connectivity index (χ3n) is 1.60. The van der Waals surface area contributed by atoms with E-state index in [9.17, 15) is 4.79 Å². The molecule has 11 heavy (non-hydrogen) atoms. The number of thioether (sulfide) groups is 2. The molecule has 0 aromatic heterocycles. The van der Waals surface area contributed by atoms with Crippen LogP contribution in [0.15, 0.2) is 12.7 Å². The van der Waals surface area contributed by atoms with Gasteiger partial charge in [0.2, 0.25) is 0 Å². The van der Waals surface area contributed by atoms with Crippen molar-refractivity contribution in [3.8, 4) is 0 Å². The van der Waals surface area contributed by atoms with Gasteiger partial charge in [-0.15, -0.1) is 30.1 Å². The smallest absolute Gasteiger partial charge is 0.128 e. The Kier molecular flexibility index (Phi) is 4.08. The zero-order chi connectivity index (χ0) is 8.10. The largest absolute Gasteiger partial charge is 0.303 e. The lowest BCUT2D eigenvalue weighted by molar-refractivity contribution is -0.109. The molecule has 0 saturated carbocycles. The molecule has 62 valence electrons. The Labute approximate surface area is 76.0 Å². The topological polar surface area (TPSA) is 17.1 Å². The van der Waals surface area contributed by atoms with Gasteiger partial charge in [0.1, 0.15) is 6.29 Å². The number of hydrogen-bond donors (Lipinski definition) is 0. The van der Waals surface area contributed by atoms with Gasteiger partial charge in [-0.3, -0.25) is 0 Å². The predicted molar refractivity (Wildman–Crippen MR) is 53.1 cm³/mol. The normalized spacial score (nSPS) is 22.5. The maximum Gasteiger partial charge on any atom is 0.128 e. The predicted octanol–water partition coefficient (Wildman–Crippen LogP) is 2.18. The van der Waals surface area contributed by atoms with Crippen LogP contribution in [0.1, 0.15) is 6.42 Å². The van der Waals surface area contributed by atoms with E-state index in [-0.39, 0.29) is 5.92 Å². The monoisotopic (exact) mass is 188 g/mol. The van der Waals surface area contributed by atoms with Crippen LogP contribution in [-0.2, 0) is 4.79 Å². The lowest BCUT2D eigenvalue weighted by Gasteiger charge is -2.23. The summed E-state index contributed by atoms with van der Waals surface area (Å²) >= 11 is 3.76. The van der Waals surface area contributed by atoms with E-state index in [4.69, 9.17) is 0 Å². The average Bonchev–Trinajstić information content (AvgIpc) is 2.09. The first-order chi connectivity index (χ1) is 5.38. The Morgan fingerprint density at radius 2 is 2.09 bits per heavy atom. The van der Waals surface area contributed by atoms with E-state index in [2.05, 4.69) is 6.58 Å². The van der Waals surface area contributed by atoms with Gasteiger partial charge in [-0.05, 0) is 17.9 Å². The van der Waals surface area contributed by atoms with E-state index in [1.54, 1.807) is 6.08 Å². The summed E-state index contributed by atoms with van der Waals surface area (Å²) in [7, 11) is 0. The van der Waals surface area contributed by atoms with Gasteiger partial charge < -0.3 is 4.79 Å². The third-order valence-corrected chi connectivity index (χ3v) is 4.75. The van der Waals surface area contributed by atoms with Crippen LogP contribution >= 0.6 is 23.5 Å². The van der Waals surface area contributed by atoms with E-state index in [1.165, 1.54) is 17.9 Å². The summed E-state index contributed by atoms with van der Waals surface area (Å²) in [6, 6.07) is 0. The molecular formula is C8H12OS2. The first-order valence-corrected chi connectivity index (χ1v) is 5.79. The highest BCUT2D eigenvalue weighted by Gasteiger charge is 2.21. The molecule has 0 N–H and O–H groups in total. The lowest BCUT2D eigenvalue weighted by Crippen LogP contribution is -2.17. The Morgan fingerprint density at radius 1 is 1.45 bits per heavy atom. The van der Waals surface area contributed by atoms with Gasteiger partial charge in [0.25, 0.3) is 0 Å². The Bertz CT molecular complexity index is 133. The molecule has 1 unspecified atom stereocenters. The Morgan fingerprint density at radius 3 is 2.55 bits per heavy atom. The molecule has 0 spiro atoms. The highest BCUT2D eigenvalue weighted by molar-refractivity contribution is 8.17. The number of allylic oxidation sites excluding steroid dienone is 1. The second-order valence-electron chi connectivity index (χ2n) is 2.41. The van der Waals surface area contributed by atoms with Crippen molar-refractivity contribution in [3.05, 3.63) is 12.7 Å². The van der Waals surface area contributed by atoms with Crippen LogP contribution in [0.5, 0.6) is 0 Å². The molecule has 0 amide bonds. The van der Waals surface area contributed by atoms with Gasteiger partial charge in [-0.25, -0.2) is 0 Å². The van der Waals surface area contributed by atoms with Crippen LogP contribution in [0, 0.1) is 5.92 Å². The second kappa shape index (κ2) is 4.88. The summed E-state index contributed by atoms with van der Waals surface area (Å²) in [6.07, 6.45) is 4.03. The van der Waals surface area contributed by atoms with E-state index in [0.29, 0.717) is 4.58 Å². The Balaban J connectivity index is 2.42. The summed E-state index contributed by atoms with van der Waals surface area (Å²) in [4.78, 5) is 10.5. The van der Waals surface area contributed by atoms with Crippen molar-refractivity contribution in [2.24, 2.45) is 5.92 Å². The van der Waals surface area contributed by atoms with Crippen LogP contribution in [0.2, 0.25) is 0 Å². The van der Waals surface area contributed by atoms with Gasteiger partial charge in [0.15, 0.2) is 0 Å². The van der Waals surface area contributed by atoms with Crippen LogP contribution in [0.4, 0.5) is 0 Å². The molecule has 1 aliphatic rings. The summed E-state index contributed by atoms with van der Waals surface area (Å²) < 4.78 is 0.429. The lowest BCUT2D eigenvalue weighted by atomic mass is 10.2. The van der Waals surface area contributed by atoms with E-state index in [0.717, 1.165) is 6.29 Å². The fourth-order valence-electron chi connectivity index (χ4n) is 0.959. The average molecular weight is 188 g/mol. The van der Waals surface area contributed by atoms with E-state index >= 15 is 0 Å².